The molecule has 0 amide bonds. The normalized spacial score (nSPS) is 12.6. The van der Waals surface area contributed by atoms with Gasteiger partial charge in [0.1, 0.15) is 12.9 Å². The number of hydrogen-bond acceptors (Lipinski definition) is 2. The van der Waals surface area contributed by atoms with Crippen molar-refractivity contribution in [3.05, 3.63) is 47.0 Å². The van der Waals surface area contributed by atoms with Crippen molar-refractivity contribution in [1.82, 2.24) is 14.3 Å². The second kappa shape index (κ2) is 5.93. The Hall–Kier alpha value is -1.46. The number of nitrogens with zero attached hydrogens (tertiary/aromatic N) is 3. The van der Waals surface area contributed by atoms with Crippen LogP contribution >= 0.6 is 12.2 Å². The van der Waals surface area contributed by atoms with Crippen molar-refractivity contribution in [2.75, 3.05) is 6.54 Å². The average molecular weight is 263 g/mol. The minimum atomic E-state index is 0.772. The van der Waals surface area contributed by atoms with Gasteiger partial charge < -0.3 is 9.47 Å². The predicted molar refractivity (Wildman–Crippen MR) is 73.7 cm³/mol. The highest BCUT2D eigenvalue weighted by Crippen LogP contribution is 1.95. The summed E-state index contributed by atoms with van der Waals surface area (Å²) in [5.74, 6) is 0. The van der Waals surface area contributed by atoms with Crippen molar-refractivity contribution in [1.29, 1.82) is 0 Å². The molecule has 1 aromatic carbocycles. The van der Waals surface area contributed by atoms with Gasteiger partial charge in [-0.15, -0.1) is 0 Å². The third-order valence-electron chi connectivity index (χ3n) is 3.06. The number of quaternary nitrogens is 1. The fraction of sp³-hybridized carbons (Fsp3) is 0.385. The molecule has 5 heteroatoms. The SMILES string of the molecule is CC[NH+](Cc1ccccc1)Cn1ncn(C)c1=S. The van der Waals surface area contributed by atoms with Crippen LogP contribution in [0.5, 0.6) is 0 Å². The highest BCUT2D eigenvalue weighted by atomic mass is 32.1. The topological polar surface area (TPSA) is 27.2 Å². The predicted octanol–water partition coefficient (Wildman–Crippen LogP) is 1.01. The Kier molecular flexibility index (Phi) is 4.28. The van der Waals surface area contributed by atoms with Crippen LogP contribution in [0.2, 0.25) is 0 Å². The molecule has 2 aromatic rings. The highest BCUT2D eigenvalue weighted by Gasteiger charge is 2.09. The van der Waals surface area contributed by atoms with Gasteiger partial charge in [-0.05, 0) is 19.1 Å². The van der Waals surface area contributed by atoms with Gasteiger partial charge in [0.25, 0.3) is 0 Å². The van der Waals surface area contributed by atoms with Crippen molar-refractivity contribution in [2.45, 2.75) is 20.1 Å². The van der Waals surface area contributed by atoms with Gasteiger partial charge >= 0.3 is 0 Å². The van der Waals surface area contributed by atoms with Gasteiger partial charge in [0.15, 0.2) is 6.67 Å². The van der Waals surface area contributed by atoms with E-state index < -0.39 is 0 Å². The van der Waals surface area contributed by atoms with E-state index in [1.807, 2.05) is 22.4 Å². The maximum Gasteiger partial charge on any atom is 0.202 e. The van der Waals surface area contributed by atoms with Gasteiger partial charge in [0.05, 0.1) is 6.54 Å². The van der Waals surface area contributed by atoms with E-state index in [1.54, 1.807) is 6.33 Å². The highest BCUT2D eigenvalue weighted by molar-refractivity contribution is 7.71. The lowest BCUT2D eigenvalue weighted by Gasteiger charge is -2.17. The lowest BCUT2D eigenvalue weighted by molar-refractivity contribution is -0.935. The fourth-order valence-electron chi connectivity index (χ4n) is 1.92. The third kappa shape index (κ3) is 3.05. The first-order valence-corrected chi connectivity index (χ1v) is 6.57. The zero-order valence-electron chi connectivity index (χ0n) is 10.8. The van der Waals surface area contributed by atoms with Crippen molar-refractivity contribution >= 4 is 12.2 Å². The Morgan fingerprint density at radius 1 is 1.28 bits per heavy atom. The van der Waals surface area contributed by atoms with Gasteiger partial charge in [0.2, 0.25) is 4.77 Å². The molecular weight excluding hydrogens is 244 g/mol. The summed E-state index contributed by atoms with van der Waals surface area (Å²) in [4.78, 5) is 1.44. The maximum atomic E-state index is 5.31. The van der Waals surface area contributed by atoms with Crippen LogP contribution in [0.1, 0.15) is 12.5 Å². The molecule has 0 radical (unpaired) electrons. The first-order chi connectivity index (χ1) is 8.70. The van der Waals surface area contributed by atoms with Crippen molar-refractivity contribution in [3.63, 3.8) is 0 Å². The molecule has 1 aromatic heterocycles. The van der Waals surface area contributed by atoms with Crippen molar-refractivity contribution < 1.29 is 4.90 Å². The van der Waals surface area contributed by atoms with Crippen LogP contribution < -0.4 is 4.90 Å². The smallest absolute Gasteiger partial charge is 0.202 e. The third-order valence-corrected chi connectivity index (χ3v) is 3.56. The molecule has 96 valence electrons. The molecular formula is C13H19N4S+. The molecule has 0 saturated heterocycles. The minimum Gasteiger partial charge on any atom is -0.313 e. The Morgan fingerprint density at radius 2 is 2.00 bits per heavy atom. The molecule has 1 N–H and O–H groups in total. The molecule has 1 heterocycles. The van der Waals surface area contributed by atoms with E-state index in [2.05, 4.69) is 36.3 Å². The van der Waals surface area contributed by atoms with E-state index in [-0.39, 0.29) is 0 Å². The maximum absolute atomic E-state index is 5.31. The first-order valence-electron chi connectivity index (χ1n) is 6.16. The molecule has 1 unspecified atom stereocenters. The summed E-state index contributed by atoms with van der Waals surface area (Å²) >= 11 is 5.31. The molecule has 0 spiro atoms. The summed E-state index contributed by atoms with van der Waals surface area (Å²) in [5, 5.41) is 4.30. The lowest BCUT2D eigenvalue weighted by atomic mass is 10.2. The zero-order valence-corrected chi connectivity index (χ0v) is 11.7. The molecule has 4 nitrogen and oxygen atoms in total. The Morgan fingerprint density at radius 3 is 2.56 bits per heavy atom. The molecule has 2 rings (SSSR count). The molecule has 0 bridgehead atoms. The van der Waals surface area contributed by atoms with Gasteiger partial charge in [0, 0.05) is 12.6 Å². The fourth-order valence-corrected chi connectivity index (χ4v) is 2.08. The first kappa shape index (κ1) is 13.0. The Labute approximate surface area is 112 Å². The van der Waals surface area contributed by atoms with Crippen LogP contribution in [-0.2, 0) is 20.3 Å². The minimum absolute atomic E-state index is 0.772. The van der Waals surface area contributed by atoms with E-state index >= 15 is 0 Å². The number of aromatic nitrogens is 3. The molecule has 1 atom stereocenters. The van der Waals surface area contributed by atoms with E-state index in [1.165, 1.54) is 10.5 Å². The van der Waals surface area contributed by atoms with Crippen molar-refractivity contribution in [3.8, 4) is 0 Å². The summed E-state index contributed by atoms with van der Waals surface area (Å²) < 4.78 is 4.52. The van der Waals surface area contributed by atoms with Crippen LogP contribution in [0, 0.1) is 4.77 Å². The van der Waals surface area contributed by atoms with Crippen LogP contribution in [0.25, 0.3) is 0 Å². The largest absolute Gasteiger partial charge is 0.313 e. The van der Waals surface area contributed by atoms with E-state index in [0.717, 1.165) is 24.5 Å². The summed E-state index contributed by atoms with van der Waals surface area (Å²) in [6, 6.07) is 10.5. The van der Waals surface area contributed by atoms with Crippen molar-refractivity contribution in [2.24, 2.45) is 7.05 Å². The molecule has 0 fully saturated rings. The number of rotatable bonds is 5. The molecule has 18 heavy (non-hydrogen) atoms. The van der Waals surface area contributed by atoms with E-state index in [9.17, 15) is 0 Å². The van der Waals surface area contributed by atoms with Crippen LogP contribution in [0.3, 0.4) is 0 Å². The van der Waals surface area contributed by atoms with Gasteiger partial charge in [-0.25, -0.2) is 0 Å². The van der Waals surface area contributed by atoms with Gasteiger partial charge in [-0.2, -0.15) is 9.78 Å². The number of aryl methyl sites for hydroxylation is 1. The lowest BCUT2D eigenvalue weighted by Crippen LogP contribution is -3.09. The quantitative estimate of drug-likeness (QED) is 0.815. The van der Waals surface area contributed by atoms with Gasteiger partial charge in [-0.3, -0.25) is 0 Å². The van der Waals surface area contributed by atoms with E-state index in [4.69, 9.17) is 12.2 Å². The van der Waals surface area contributed by atoms with Gasteiger partial charge in [-0.1, -0.05) is 30.3 Å². The molecule has 0 aliphatic heterocycles. The van der Waals surface area contributed by atoms with Crippen LogP contribution in [0.15, 0.2) is 36.7 Å². The Bertz CT molecular complexity index is 544. The van der Waals surface area contributed by atoms with Crippen LogP contribution in [0.4, 0.5) is 0 Å². The Balaban J connectivity index is 2.06. The number of benzene rings is 1. The molecule has 0 saturated carbocycles. The zero-order chi connectivity index (χ0) is 13.0. The monoisotopic (exact) mass is 263 g/mol. The molecule has 0 aliphatic rings. The summed E-state index contributed by atoms with van der Waals surface area (Å²) in [6.07, 6.45) is 1.76. The second-order valence-corrected chi connectivity index (χ2v) is 4.81. The van der Waals surface area contributed by atoms with E-state index in [0.29, 0.717) is 0 Å². The summed E-state index contributed by atoms with van der Waals surface area (Å²) in [5.41, 5.74) is 1.34. The summed E-state index contributed by atoms with van der Waals surface area (Å²) in [6.45, 7) is 5.04. The summed E-state index contributed by atoms with van der Waals surface area (Å²) in [7, 11) is 1.93. The molecule has 0 aliphatic carbocycles. The standard InChI is InChI=1S/C13H18N4S/c1-3-16(9-12-7-5-4-6-8-12)11-17-13(18)15(2)10-14-17/h4-8,10H,3,9,11H2,1-2H3/p+1. The number of hydrogen-bond donors (Lipinski definition) is 1. The average Bonchev–Trinajstić information content (AvgIpc) is 2.71. The van der Waals surface area contributed by atoms with Crippen LogP contribution in [-0.4, -0.2) is 20.9 Å². The second-order valence-electron chi connectivity index (χ2n) is 4.45. The number of nitrogens with one attached hydrogen (secondary N) is 1.